The van der Waals surface area contributed by atoms with Crippen molar-refractivity contribution in [2.75, 3.05) is 19.6 Å². The topological polar surface area (TPSA) is 75.4 Å². The maximum atomic E-state index is 12.3. The fraction of sp³-hybridized carbons (Fsp3) is 0.667. The van der Waals surface area contributed by atoms with Crippen molar-refractivity contribution in [1.82, 2.24) is 9.62 Å². The van der Waals surface area contributed by atoms with Crippen LogP contribution in [0.15, 0.2) is 14.7 Å². The molecule has 0 aromatic carbocycles. The van der Waals surface area contributed by atoms with Gasteiger partial charge in [0.2, 0.25) is 10.0 Å². The Morgan fingerprint density at radius 3 is 2.95 bits per heavy atom. The molecule has 0 aliphatic carbocycles. The van der Waals surface area contributed by atoms with Crippen LogP contribution in [0.25, 0.3) is 0 Å². The minimum absolute atomic E-state index is 0.295. The number of nitrogens with two attached hydrogens (primary N) is 1. The molecule has 0 bridgehead atoms. The van der Waals surface area contributed by atoms with Gasteiger partial charge in [0.1, 0.15) is 4.90 Å². The molecule has 1 atom stereocenters. The molecular weight excluding hydrogens is 362 g/mol. The molecule has 1 aromatic heterocycles. The average molecular weight is 382 g/mol. The van der Waals surface area contributed by atoms with Gasteiger partial charge in [0, 0.05) is 24.0 Å². The minimum atomic E-state index is -3.47. The van der Waals surface area contributed by atoms with Gasteiger partial charge < -0.3 is 5.73 Å². The van der Waals surface area contributed by atoms with Crippen molar-refractivity contribution in [1.29, 1.82) is 0 Å². The molecule has 0 amide bonds. The van der Waals surface area contributed by atoms with E-state index in [0.29, 0.717) is 27.8 Å². The molecule has 0 radical (unpaired) electrons. The van der Waals surface area contributed by atoms with Crippen LogP contribution in [0.4, 0.5) is 0 Å². The normalized spacial score (nSPS) is 20.6. The quantitative estimate of drug-likeness (QED) is 0.786. The van der Waals surface area contributed by atoms with E-state index in [2.05, 4.69) is 32.5 Å². The molecule has 3 N–H and O–H groups in total. The number of nitrogens with zero attached hydrogens (tertiary/aromatic N) is 1. The third-order valence-electron chi connectivity index (χ3n) is 3.61. The first kappa shape index (κ1) is 16.4. The zero-order chi connectivity index (χ0) is 14.8. The Labute approximate surface area is 132 Å². The summed E-state index contributed by atoms with van der Waals surface area (Å²) in [5, 5.41) is 0. The van der Waals surface area contributed by atoms with E-state index in [1.165, 1.54) is 11.3 Å². The summed E-state index contributed by atoms with van der Waals surface area (Å²) in [6.45, 7) is 4.95. The first-order valence-corrected chi connectivity index (χ1v) is 9.79. The van der Waals surface area contributed by atoms with Crippen LogP contribution in [0, 0.1) is 0 Å². The summed E-state index contributed by atoms with van der Waals surface area (Å²) in [5.74, 6) is 0. The molecule has 1 aliphatic rings. The van der Waals surface area contributed by atoms with Crippen LogP contribution in [-0.2, 0) is 16.6 Å². The Bertz CT molecular complexity index is 559. The zero-order valence-corrected chi connectivity index (χ0v) is 14.7. The summed E-state index contributed by atoms with van der Waals surface area (Å²) in [6, 6.07) is 1.95. The summed E-state index contributed by atoms with van der Waals surface area (Å²) >= 11 is 4.67. The molecule has 5 nitrogen and oxygen atoms in total. The molecule has 1 aliphatic heterocycles. The van der Waals surface area contributed by atoms with Gasteiger partial charge in [0.05, 0.1) is 3.79 Å². The van der Waals surface area contributed by atoms with Crippen molar-refractivity contribution in [3.63, 3.8) is 0 Å². The van der Waals surface area contributed by atoms with Crippen LogP contribution in [0.3, 0.4) is 0 Å². The molecule has 0 spiro atoms. The second-order valence-electron chi connectivity index (χ2n) is 4.83. The molecule has 114 valence electrons. The fourth-order valence-electron chi connectivity index (χ4n) is 2.51. The Kier molecular flexibility index (Phi) is 5.61. The van der Waals surface area contributed by atoms with Gasteiger partial charge in [0.15, 0.2) is 0 Å². The Morgan fingerprint density at radius 1 is 1.60 bits per heavy atom. The number of halogens is 1. The van der Waals surface area contributed by atoms with Gasteiger partial charge in [-0.1, -0.05) is 6.92 Å². The van der Waals surface area contributed by atoms with E-state index in [4.69, 9.17) is 5.73 Å². The van der Waals surface area contributed by atoms with Crippen molar-refractivity contribution in [3.05, 3.63) is 14.7 Å². The molecule has 2 rings (SSSR count). The van der Waals surface area contributed by atoms with Crippen molar-refractivity contribution in [3.8, 4) is 0 Å². The van der Waals surface area contributed by atoms with Gasteiger partial charge >= 0.3 is 0 Å². The van der Waals surface area contributed by atoms with Gasteiger partial charge in [-0.2, -0.15) is 0 Å². The molecule has 1 saturated heterocycles. The molecule has 2 heterocycles. The summed E-state index contributed by atoms with van der Waals surface area (Å²) in [7, 11) is -3.47. The lowest BCUT2D eigenvalue weighted by Gasteiger charge is -2.22. The molecule has 1 unspecified atom stereocenters. The predicted molar refractivity (Wildman–Crippen MR) is 85.4 cm³/mol. The fourth-order valence-corrected chi connectivity index (χ4v) is 6.14. The standard InChI is InChI=1S/C12H20BrN3O2S2/c1-2-16-5-3-4-9(16)8-15-20(17,18)11-6-10(7-14)19-12(11)13/h6,9,15H,2-5,7-8,14H2,1H3. The van der Waals surface area contributed by atoms with E-state index in [-0.39, 0.29) is 0 Å². The van der Waals surface area contributed by atoms with Gasteiger partial charge in [-0.15, -0.1) is 11.3 Å². The number of likely N-dealkylation sites (tertiary alicyclic amines) is 1. The molecule has 1 aromatic rings. The van der Waals surface area contributed by atoms with Crippen LogP contribution in [0.5, 0.6) is 0 Å². The number of nitrogens with one attached hydrogen (secondary N) is 1. The maximum absolute atomic E-state index is 12.3. The lowest BCUT2D eigenvalue weighted by molar-refractivity contribution is 0.268. The van der Waals surface area contributed by atoms with E-state index in [1.54, 1.807) is 6.07 Å². The van der Waals surface area contributed by atoms with E-state index in [9.17, 15) is 8.42 Å². The van der Waals surface area contributed by atoms with Crippen molar-refractivity contribution >= 4 is 37.3 Å². The van der Waals surface area contributed by atoms with E-state index in [1.807, 2.05) is 0 Å². The second kappa shape index (κ2) is 6.85. The number of hydrogen-bond donors (Lipinski definition) is 2. The van der Waals surface area contributed by atoms with Crippen molar-refractivity contribution < 1.29 is 8.42 Å². The van der Waals surface area contributed by atoms with Gasteiger partial charge in [-0.05, 0) is 47.9 Å². The lowest BCUT2D eigenvalue weighted by Crippen LogP contribution is -2.39. The van der Waals surface area contributed by atoms with E-state index >= 15 is 0 Å². The maximum Gasteiger partial charge on any atom is 0.242 e. The Balaban J connectivity index is 2.05. The third-order valence-corrected chi connectivity index (χ3v) is 7.31. The monoisotopic (exact) mass is 381 g/mol. The first-order chi connectivity index (χ1) is 9.47. The van der Waals surface area contributed by atoms with Gasteiger partial charge in [-0.25, -0.2) is 13.1 Å². The average Bonchev–Trinajstić information content (AvgIpc) is 3.02. The smallest absolute Gasteiger partial charge is 0.242 e. The second-order valence-corrected chi connectivity index (χ2v) is 9.02. The SMILES string of the molecule is CCN1CCCC1CNS(=O)(=O)c1cc(CN)sc1Br. The number of thiophene rings is 1. The Morgan fingerprint density at radius 2 is 2.35 bits per heavy atom. The highest BCUT2D eigenvalue weighted by atomic mass is 79.9. The number of sulfonamides is 1. The number of likely N-dealkylation sites (N-methyl/N-ethyl adjacent to an activating group) is 1. The summed E-state index contributed by atoms with van der Waals surface area (Å²) in [6.07, 6.45) is 2.19. The third kappa shape index (κ3) is 3.61. The van der Waals surface area contributed by atoms with Gasteiger partial charge in [0.25, 0.3) is 0 Å². The zero-order valence-electron chi connectivity index (χ0n) is 11.4. The van der Waals surface area contributed by atoms with Crippen molar-refractivity contribution in [2.24, 2.45) is 5.73 Å². The van der Waals surface area contributed by atoms with E-state index < -0.39 is 10.0 Å². The van der Waals surface area contributed by atoms with Gasteiger partial charge in [-0.3, -0.25) is 4.90 Å². The summed E-state index contributed by atoms with van der Waals surface area (Å²) in [4.78, 5) is 3.47. The predicted octanol–water partition coefficient (Wildman–Crippen LogP) is 1.73. The highest BCUT2D eigenvalue weighted by Crippen LogP contribution is 2.31. The van der Waals surface area contributed by atoms with Crippen LogP contribution >= 0.6 is 27.3 Å². The first-order valence-electron chi connectivity index (χ1n) is 6.70. The van der Waals surface area contributed by atoms with Crippen LogP contribution < -0.4 is 10.5 Å². The highest BCUT2D eigenvalue weighted by Gasteiger charge is 2.26. The number of hydrogen-bond acceptors (Lipinski definition) is 5. The molecule has 1 fully saturated rings. The van der Waals surface area contributed by atoms with Crippen molar-refractivity contribution in [2.45, 2.75) is 37.2 Å². The summed E-state index contributed by atoms with van der Waals surface area (Å²) < 4.78 is 28.0. The Hall–Kier alpha value is 0.01000. The largest absolute Gasteiger partial charge is 0.326 e. The van der Waals surface area contributed by atoms with E-state index in [0.717, 1.165) is 30.8 Å². The minimum Gasteiger partial charge on any atom is -0.326 e. The molecule has 0 saturated carbocycles. The summed E-state index contributed by atoms with van der Waals surface area (Å²) in [5.41, 5.74) is 5.55. The number of rotatable bonds is 6. The molecule has 20 heavy (non-hydrogen) atoms. The molecular formula is C12H20BrN3O2S2. The molecule has 8 heteroatoms. The van der Waals surface area contributed by atoms with Crippen LogP contribution in [0.1, 0.15) is 24.6 Å². The van der Waals surface area contributed by atoms with Crippen LogP contribution in [0.2, 0.25) is 0 Å². The lowest BCUT2D eigenvalue weighted by atomic mass is 10.2. The van der Waals surface area contributed by atoms with Crippen LogP contribution in [-0.4, -0.2) is 39.0 Å². The highest BCUT2D eigenvalue weighted by molar-refractivity contribution is 9.11.